The van der Waals surface area contributed by atoms with Crippen LogP contribution in [0.15, 0.2) is 0 Å². The second-order valence-electron chi connectivity index (χ2n) is 5.11. The van der Waals surface area contributed by atoms with E-state index in [1.54, 1.807) is 0 Å². The molecule has 0 bridgehead atoms. The fourth-order valence-corrected chi connectivity index (χ4v) is 2.44. The van der Waals surface area contributed by atoms with Crippen LogP contribution in [-0.2, 0) is 0 Å². The Bertz CT molecular complexity index is 147. The maximum Gasteiger partial charge on any atom is 0.0152 e. The van der Waals surface area contributed by atoms with Crippen molar-refractivity contribution in [2.24, 2.45) is 5.41 Å². The van der Waals surface area contributed by atoms with Crippen molar-refractivity contribution >= 4 is 13.5 Å². The lowest BCUT2D eigenvalue weighted by Crippen LogP contribution is -2.42. The summed E-state index contributed by atoms with van der Waals surface area (Å²) in [7, 11) is 6.41. The van der Waals surface area contributed by atoms with Crippen LogP contribution in [0.4, 0.5) is 0 Å². The molecule has 0 fully saturated rings. The summed E-state index contributed by atoms with van der Waals surface area (Å²) in [4.78, 5) is 2.37. The molecule has 0 aromatic carbocycles. The largest absolute Gasteiger partial charge is 0.320 e. The van der Waals surface area contributed by atoms with Crippen LogP contribution in [0.1, 0.15) is 40.0 Å². The van der Waals surface area contributed by atoms with Gasteiger partial charge in [-0.15, -0.1) is 0 Å². The Labute approximate surface area is 103 Å². The van der Waals surface area contributed by atoms with Gasteiger partial charge >= 0.3 is 0 Å². The molecule has 0 rings (SSSR count). The van der Waals surface area contributed by atoms with Gasteiger partial charge in [0.1, 0.15) is 0 Å². The number of rotatable bonds is 7. The molecule has 1 atom stereocenters. The van der Waals surface area contributed by atoms with Gasteiger partial charge in [-0.25, -0.2) is 0 Å². The molecule has 0 aliphatic heterocycles. The van der Waals surface area contributed by atoms with E-state index in [0.717, 1.165) is 6.54 Å². The van der Waals surface area contributed by atoms with Gasteiger partial charge in [-0.2, -0.15) is 13.5 Å². The predicted molar refractivity (Wildman–Crippen MR) is 75.1 cm³/mol. The lowest BCUT2D eigenvalue weighted by Gasteiger charge is -2.39. The van der Waals surface area contributed by atoms with Crippen LogP contribution >= 0.6 is 13.5 Å². The first-order valence-corrected chi connectivity index (χ1v) is 5.76. The van der Waals surface area contributed by atoms with E-state index in [-0.39, 0.29) is 13.5 Å². The minimum Gasteiger partial charge on any atom is -0.320 e. The molecular formula is C12H30N2S. The van der Waals surface area contributed by atoms with E-state index in [4.69, 9.17) is 0 Å². The molecule has 1 unspecified atom stereocenters. The van der Waals surface area contributed by atoms with Crippen molar-refractivity contribution in [3.63, 3.8) is 0 Å². The SMILES string of the molecule is CCCC(C)(C)C(CCNC)N(C)C.S. The summed E-state index contributed by atoms with van der Waals surface area (Å²) in [6.07, 6.45) is 3.81. The summed E-state index contributed by atoms with van der Waals surface area (Å²) >= 11 is 0. The van der Waals surface area contributed by atoms with Gasteiger partial charge in [0.05, 0.1) is 0 Å². The van der Waals surface area contributed by atoms with Crippen molar-refractivity contribution in [2.45, 2.75) is 46.1 Å². The fraction of sp³-hybridized carbons (Fsp3) is 1.00. The molecule has 15 heavy (non-hydrogen) atoms. The van der Waals surface area contributed by atoms with Crippen LogP contribution in [0.25, 0.3) is 0 Å². The Morgan fingerprint density at radius 2 is 1.80 bits per heavy atom. The maximum absolute atomic E-state index is 3.24. The van der Waals surface area contributed by atoms with Crippen LogP contribution in [0.5, 0.6) is 0 Å². The van der Waals surface area contributed by atoms with Crippen LogP contribution in [0.2, 0.25) is 0 Å². The Hall–Kier alpha value is 0.270. The van der Waals surface area contributed by atoms with Crippen LogP contribution in [0, 0.1) is 5.41 Å². The standard InChI is InChI=1S/C12H28N2.H2S/c1-7-9-12(2,3)11(14(5)6)8-10-13-4;/h11,13H,7-10H2,1-6H3;1H2. The van der Waals surface area contributed by atoms with Crippen molar-refractivity contribution in [1.82, 2.24) is 10.2 Å². The van der Waals surface area contributed by atoms with Gasteiger partial charge in [0.15, 0.2) is 0 Å². The van der Waals surface area contributed by atoms with Gasteiger partial charge in [-0.3, -0.25) is 0 Å². The zero-order valence-electron chi connectivity index (χ0n) is 11.4. The summed E-state index contributed by atoms with van der Waals surface area (Å²) in [6, 6.07) is 0.676. The Morgan fingerprint density at radius 3 is 2.13 bits per heavy atom. The number of hydrogen-bond acceptors (Lipinski definition) is 2. The van der Waals surface area contributed by atoms with Crippen molar-refractivity contribution < 1.29 is 0 Å². The van der Waals surface area contributed by atoms with E-state index >= 15 is 0 Å². The van der Waals surface area contributed by atoms with Crippen molar-refractivity contribution in [1.29, 1.82) is 0 Å². The van der Waals surface area contributed by atoms with E-state index in [2.05, 4.69) is 45.1 Å². The van der Waals surface area contributed by atoms with Crippen LogP contribution in [0.3, 0.4) is 0 Å². The van der Waals surface area contributed by atoms with E-state index in [1.165, 1.54) is 19.3 Å². The molecule has 94 valence electrons. The summed E-state index contributed by atoms with van der Waals surface area (Å²) in [5, 5.41) is 3.24. The van der Waals surface area contributed by atoms with Gasteiger partial charge in [-0.1, -0.05) is 27.2 Å². The highest BCUT2D eigenvalue weighted by Crippen LogP contribution is 2.31. The maximum atomic E-state index is 3.24. The number of hydrogen-bond donors (Lipinski definition) is 1. The molecule has 0 aliphatic rings. The summed E-state index contributed by atoms with van der Waals surface area (Å²) < 4.78 is 0. The summed E-state index contributed by atoms with van der Waals surface area (Å²) in [5.41, 5.74) is 0.426. The highest BCUT2D eigenvalue weighted by Gasteiger charge is 2.29. The zero-order chi connectivity index (χ0) is 11.2. The highest BCUT2D eigenvalue weighted by molar-refractivity contribution is 7.59. The average molecular weight is 234 g/mol. The van der Waals surface area contributed by atoms with Gasteiger partial charge in [0.2, 0.25) is 0 Å². The lowest BCUT2D eigenvalue weighted by atomic mass is 9.78. The minimum absolute atomic E-state index is 0. The molecule has 1 N–H and O–H groups in total. The molecule has 2 nitrogen and oxygen atoms in total. The van der Waals surface area contributed by atoms with E-state index in [9.17, 15) is 0 Å². The van der Waals surface area contributed by atoms with Gasteiger partial charge < -0.3 is 10.2 Å². The second kappa shape index (κ2) is 8.43. The molecule has 3 heteroatoms. The molecular weight excluding hydrogens is 204 g/mol. The molecule has 0 aromatic heterocycles. The van der Waals surface area contributed by atoms with Crippen LogP contribution < -0.4 is 5.32 Å². The minimum atomic E-state index is 0. The summed E-state index contributed by atoms with van der Waals surface area (Å²) in [6.45, 7) is 8.15. The molecule has 0 aliphatic carbocycles. The lowest BCUT2D eigenvalue weighted by molar-refractivity contribution is 0.116. The Balaban J connectivity index is 0. The smallest absolute Gasteiger partial charge is 0.0152 e. The van der Waals surface area contributed by atoms with E-state index in [0.29, 0.717) is 11.5 Å². The first-order chi connectivity index (χ1) is 6.45. The Kier molecular flexibility index (Phi) is 9.92. The van der Waals surface area contributed by atoms with Crippen LogP contribution in [-0.4, -0.2) is 38.6 Å². The first-order valence-electron chi connectivity index (χ1n) is 5.76. The molecule has 0 radical (unpaired) electrons. The molecule has 0 amide bonds. The number of nitrogens with one attached hydrogen (secondary N) is 1. The number of nitrogens with zero attached hydrogens (tertiary/aromatic N) is 1. The third-order valence-electron chi connectivity index (χ3n) is 3.09. The monoisotopic (exact) mass is 234 g/mol. The van der Waals surface area contributed by atoms with Gasteiger partial charge in [-0.05, 0) is 45.9 Å². The second-order valence-corrected chi connectivity index (χ2v) is 5.11. The van der Waals surface area contributed by atoms with Crippen molar-refractivity contribution in [3.8, 4) is 0 Å². The predicted octanol–water partition coefficient (Wildman–Crippen LogP) is 2.47. The Morgan fingerprint density at radius 1 is 1.27 bits per heavy atom. The van der Waals surface area contributed by atoms with E-state index in [1.807, 2.05) is 7.05 Å². The molecule has 0 aromatic rings. The van der Waals surface area contributed by atoms with E-state index < -0.39 is 0 Å². The molecule has 0 saturated heterocycles. The molecule has 0 spiro atoms. The third kappa shape index (κ3) is 6.44. The van der Waals surface area contributed by atoms with Gasteiger partial charge in [0.25, 0.3) is 0 Å². The topological polar surface area (TPSA) is 15.3 Å². The normalized spacial score (nSPS) is 13.8. The molecule has 0 saturated carbocycles. The quantitative estimate of drug-likeness (QED) is 0.728. The van der Waals surface area contributed by atoms with Gasteiger partial charge in [0, 0.05) is 6.04 Å². The average Bonchev–Trinajstić information content (AvgIpc) is 2.03. The molecule has 0 heterocycles. The van der Waals surface area contributed by atoms with Crippen molar-refractivity contribution in [3.05, 3.63) is 0 Å². The zero-order valence-corrected chi connectivity index (χ0v) is 12.4. The highest BCUT2D eigenvalue weighted by atomic mass is 32.1. The van der Waals surface area contributed by atoms with Crippen molar-refractivity contribution in [2.75, 3.05) is 27.7 Å². The summed E-state index contributed by atoms with van der Waals surface area (Å²) in [5.74, 6) is 0. The fourth-order valence-electron chi connectivity index (χ4n) is 2.44. The first kappa shape index (κ1) is 17.7. The third-order valence-corrected chi connectivity index (χ3v) is 3.09.